The third-order valence-electron chi connectivity index (χ3n) is 0.576. The molecule has 38 valence electrons. The molecule has 1 atom stereocenters. The van der Waals surface area contributed by atoms with Crippen LogP contribution in [-0.4, -0.2) is 12.8 Å². The molecule has 0 saturated heterocycles. The first kappa shape index (κ1) is 6.39. The van der Waals surface area contributed by atoms with Gasteiger partial charge in [0, 0.05) is 0 Å². The first-order valence-electron chi connectivity index (χ1n) is 2.23. The van der Waals surface area contributed by atoms with Gasteiger partial charge in [0.05, 0.1) is 0 Å². The molecule has 2 N–H and O–H groups in total. The van der Waals surface area contributed by atoms with Crippen molar-refractivity contribution in [1.82, 2.24) is 0 Å². The first-order valence-corrected chi connectivity index (χ1v) is 4.27. The molecule has 0 rings (SSSR count). The van der Waals surface area contributed by atoms with Gasteiger partial charge >= 0.3 is 0 Å². The SMILES string of the molecule is CCC[P@@](C)N. The van der Waals surface area contributed by atoms with Gasteiger partial charge in [-0.05, 0) is 20.9 Å². The zero-order chi connectivity index (χ0) is 4.99. The Labute approximate surface area is 40.7 Å². The Morgan fingerprint density at radius 2 is 2.17 bits per heavy atom. The van der Waals surface area contributed by atoms with Crippen molar-refractivity contribution in [2.45, 2.75) is 13.3 Å². The summed E-state index contributed by atoms with van der Waals surface area (Å²) in [4.78, 5) is 0. The van der Waals surface area contributed by atoms with E-state index < -0.39 is 0 Å². The molecule has 2 heteroatoms. The lowest BCUT2D eigenvalue weighted by molar-refractivity contribution is 1.09. The Morgan fingerprint density at radius 1 is 1.67 bits per heavy atom. The van der Waals surface area contributed by atoms with Crippen LogP contribution in [0.4, 0.5) is 0 Å². The Kier molecular flexibility index (Phi) is 3.81. The third kappa shape index (κ3) is 4.39. The molecule has 0 saturated carbocycles. The Balaban J connectivity index is 2.63. The standard InChI is InChI=1S/C4H12NP/c1-3-4-6(2)5/h3-5H2,1-2H3/t6-/m1/s1. The van der Waals surface area contributed by atoms with Crippen LogP contribution in [0.5, 0.6) is 0 Å². The Hall–Kier alpha value is 0.390. The maximum absolute atomic E-state index is 5.47. The van der Waals surface area contributed by atoms with E-state index in [0.717, 1.165) is 0 Å². The van der Waals surface area contributed by atoms with Crippen LogP contribution in [-0.2, 0) is 0 Å². The second kappa shape index (κ2) is 3.58. The lowest BCUT2D eigenvalue weighted by Gasteiger charge is -1.97. The molecule has 0 fully saturated rings. The van der Waals surface area contributed by atoms with Crippen LogP contribution in [0.25, 0.3) is 0 Å². The second-order valence-electron chi connectivity index (χ2n) is 1.48. The summed E-state index contributed by atoms with van der Waals surface area (Å²) in [6.45, 7) is 4.25. The van der Waals surface area contributed by atoms with Crippen molar-refractivity contribution in [3.8, 4) is 0 Å². The highest BCUT2D eigenvalue weighted by molar-refractivity contribution is 7.54. The van der Waals surface area contributed by atoms with E-state index in [-0.39, 0.29) is 8.07 Å². The van der Waals surface area contributed by atoms with E-state index in [9.17, 15) is 0 Å². The fourth-order valence-corrected chi connectivity index (χ4v) is 1.06. The fraction of sp³-hybridized carbons (Fsp3) is 1.00. The van der Waals surface area contributed by atoms with Crippen molar-refractivity contribution >= 4 is 8.07 Å². The minimum Gasteiger partial charge on any atom is -0.310 e. The Morgan fingerprint density at radius 3 is 2.17 bits per heavy atom. The summed E-state index contributed by atoms with van der Waals surface area (Å²) in [5.41, 5.74) is 5.47. The van der Waals surface area contributed by atoms with Gasteiger partial charge in [-0.25, -0.2) is 0 Å². The van der Waals surface area contributed by atoms with Crippen LogP contribution < -0.4 is 5.50 Å². The molecular formula is C4H12NP. The summed E-state index contributed by atoms with van der Waals surface area (Å²) in [5.74, 6) is 0. The molecule has 0 heterocycles. The zero-order valence-electron chi connectivity index (χ0n) is 4.44. The molecule has 0 aromatic rings. The predicted molar refractivity (Wildman–Crippen MR) is 32.2 cm³/mol. The maximum Gasteiger partial charge on any atom is -0.0202 e. The third-order valence-corrected chi connectivity index (χ3v) is 1.73. The van der Waals surface area contributed by atoms with Gasteiger partial charge in [0.1, 0.15) is 0 Å². The lowest BCUT2D eigenvalue weighted by atomic mass is 10.6. The average molecular weight is 105 g/mol. The minimum atomic E-state index is -0.101. The monoisotopic (exact) mass is 105 g/mol. The van der Waals surface area contributed by atoms with E-state index >= 15 is 0 Å². The zero-order valence-corrected chi connectivity index (χ0v) is 5.33. The van der Waals surface area contributed by atoms with E-state index in [1.54, 1.807) is 0 Å². The highest BCUT2D eigenvalue weighted by atomic mass is 31.1. The summed E-state index contributed by atoms with van der Waals surface area (Å²) < 4.78 is 0. The summed E-state index contributed by atoms with van der Waals surface area (Å²) in [6.07, 6.45) is 2.45. The molecule has 0 aliphatic carbocycles. The van der Waals surface area contributed by atoms with Gasteiger partial charge in [-0.15, -0.1) is 0 Å². The molecule has 0 unspecified atom stereocenters. The molecule has 0 bridgehead atoms. The van der Waals surface area contributed by atoms with Crippen LogP contribution in [0.15, 0.2) is 0 Å². The molecule has 0 spiro atoms. The van der Waals surface area contributed by atoms with Gasteiger partial charge in [-0.1, -0.05) is 13.3 Å². The molecule has 0 amide bonds. The van der Waals surface area contributed by atoms with Gasteiger partial charge in [0.25, 0.3) is 0 Å². The average Bonchev–Trinajstić information content (AvgIpc) is 1.35. The number of rotatable bonds is 2. The maximum atomic E-state index is 5.47. The molecule has 0 aliphatic heterocycles. The molecule has 0 aromatic carbocycles. The predicted octanol–water partition coefficient (Wildman–Crippen LogP) is 1.38. The summed E-state index contributed by atoms with van der Waals surface area (Å²) >= 11 is 0. The van der Waals surface area contributed by atoms with Crippen molar-refractivity contribution in [3.05, 3.63) is 0 Å². The molecule has 0 radical (unpaired) electrons. The molecule has 1 nitrogen and oxygen atoms in total. The molecule has 0 aliphatic rings. The topological polar surface area (TPSA) is 26.0 Å². The van der Waals surface area contributed by atoms with Crippen molar-refractivity contribution in [2.24, 2.45) is 5.50 Å². The van der Waals surface area contributed by atoms with E-state index in [4.69, 9.17) is 5.50 Å². The minimum absolute atomic E-state index is 0.101. The van der Waals surface area contributed by atoms with Crippen molar-refractivity contribution in [2.75, 3.05) is 12.8 Å². The van der Waals surface area contributed by atoms with E-state index in [2.05, 4.69) is 13.6 Å². The van der Waals surface area contributed by atoms with Crippen LogP contribution in [0, 0.1) is 0 Å². The van der Waals surface area contributed by atoms with E-state index in [0.29, 0.717) is 0 Å². The normalized spacial score (nSPS) is 14.5. The quantitative estimate of drug-likeness (QED) is 0.527. The lowest BCUT2D eigenvalue weighted by Crippen LogP contribution is -1.88. The Bertz CT molecular complexity index is 28.7. The smallest absolute Gasteiger partial charge is 0.0202 e. The van der Waals surface area contributed by atoms with Crippen molar-refractivity contribution in [3.63, 3.8) is 0 Å². The van der Waals surface area contributed by atoms with Gasteiger partial charge < -0.3 is 5.50 Å². The number of hydrogen-bond acceptors (Lipinski definition) is 1. The molecule has 6 heavy (non-hydrogen) atoms. The largest absolute Gasteiger partial charge is 0.310 e. The summed E-state index contributed by atoms with van der Waals surface area (Å²) in [6, 6.07) is 0. The van der Waals surface area contributed by atoms with Crippen LogP contribution in [0.2, 0.25) is 0 Å². The van der Waals surface area contributed by atoms with Crippen LogP contribution >= 0.6 is 8.07 Å². The fourth-order valence-electron chi connectivity index (χ4n) is 0.353. The molecule has 0 aromatic heterocycles. The highest BCUT2D eigenvalue weighted by Crippen LogP contribution is 2.18. The highest BCUT2D eigenvalue weighted by Gasteiger charge is 1.84. The van der Waals surface area contributed by atoms with Crippen molar-refractivity contribution < 1.29 is 0 Å². The van der Waals surface area contributed by atoms with Crippen LogP contribution in [0.1, 0.15) is 13.3 Å². The summed E-state index contributed by atoms with van der Waals surface area (Å²) in [7, 11) is -0.101. The second-order valence-corrected chi connectivity index (χ2v) is 3.44. The molecular weight excluding hydrogens is 93.0 g/mol. The summed E-state index contributed by atoms with van der Waals surface area (Å²) in [5, 5.41) is 0. The first-order chi connectivity index (χ1) is 2.77. The number of hydrogen-bond donors (Lipinski definition) is 1. The van der Waals surface area contributed by atoms with Gasteiger partial charge in [-0.3, -0.25) is 0 Å². The number of nitrogens with two attached hydrogens (primary N) is 1. The van der Waals surface area contributed by atoms with Crippen LogP contribution in [0.3, 0.4) is 0 Å². The van der Waals surface area contributed by atoms with Crippen molar-refractivity contribution in [1.29, 1.82) is 0 Å². The van der Waals surface area contributed by atoms with Gasteiger partial charge in [-0.2, -0.15) is 0 Å². The van der Waals surface area contributed by atoms with Gasteiger partial charge in [0.15, 0.2) is 0 Å². The van der Waals surface area contributed by atoms with Gasteiger partial charge in [0.2, 0.25) is 0 Å². The van der Waals surface area contributed by atoms with E-state index in [1.807, 2.05) is 0 Å². The van der Waals surface area contributed by atoms with E-state index in [1.165, 1.54) is 12.6 Å².